The Kier molecular flexibility index (Phi) is 5.70. The number of halogens is 2. The molecule has 1 saturated heterocycles. The molecule has 0 saturated carbocycles. The molecule has 0 amide bonds. The molecule has 1 fully saturated rings. The number of imidazole rings is 1. The van der Waals surface area contributed by atoms with Crippen molar-refractivity contribution in [1.29, 1.82) is 0 Å². The summed E-state index contributed by atoms with van der Waals surface area (Å²) in [5.74, 6) is 1.64. The second kappa shape index (κ2) is 7.73. The molecule has 2 N–H and O–H groups in total. The Morgan fingerprint density at radius 2 is 2.00 bits per heavy atom. The molecule has 7 nitrogen and oxygen atoms in total. The SMILES string of the molecule is Cc1n[nH]c(C)c1-n1ccnc1-c1ccc2n(c1=O)C[C@@H]1CNC[C@H]2C1.Cl.Cl. The van der Waals surface area contributed by atoms with Gasteiger partial charge in [-0.1, -0.05) is 0 Å². The molecule has 3 aromatic heterocycles. The van der Waals surface area contributed by atoms with Gasteiger partial charge in [-0.05, 0) is 44.9 Å². The molecule has 0 radical (unpaired) electrons. The molecule has 3 aromatic rings. The van der Waals surface area contributed by atoms with E-state index in [-0.39, 0.29) is 30.4 Å². The van der Waals surface area contributed by atoms with E-state index in [4.69, 9.17) is 0 Å². The van der Waals surface area contributed by atoms with Gasteiger partial charge in [-0.25, -0.2) is 4.98 Å². The maximum atomic E-state index is 13.3. The topological polar surface area (TPSA) is 80.5 Å². The fraction of sp³-hybridized carbons (Fsp3) is 0.421. The summed E-state index contributed by atoms with van der Waals surface area (Å²) in [7, 11) is 0. The van der Waals surface area contributed by atoms with Crippen LogP contribution >= 0.6 is 24.8 Å². The van der Waals surface area contributed by atoms with Crippen molar-refractivity contribution in [2.75, 3.05) is 13.1 Å². The number of rotatable bonds is 2. The standard InChI is InChI=1S/C19H22N6O.2ClH/c1-11-17(12(2)23-22-11)24-6-5-21-18(24)15-3-4-16-14-7-13(8-20-9-14)10-25(16)19(15)26;;/h3-6,13-14,20H,7-10H2,1-2H3,(H,22,23);2*1H/t13-,14+;;/m0../s1. The molecule has 0 unspecified atom stereocenters. The highest BCUT2D eigenvalue weighted by Crippen LogP contribution is 2.33. The highest BCUT2D eigenvalue weighted by Gasteiger charge is 2.31. The van der Waals surface area contributed by atoms with E-state index in [2.05, 4.69) is 26.6 Å². The van der Waals surface area contributed by atoms with Gasteiger partial charge in [-0.3, -0.25) is 14.5 Å². The molecule has 2 aliphatic heterocycles. The van der Waals surface area contributed by atoms with Crippen LogP contribution in [0.3, 0.4) is 0 Å². The lowest BCUT2D eigenvalue weighted by Gasteiger charge is -2.37. The zero-order valence-electron chi connectivity index (χ0n) is 15.8. The average Bonchev–Trinajstić information content (AvgIpc) is 3.22. The Balaban J connectivity index is 0.00000112. The molecule has 9 heteroatoms. The van der Waals surface area contributed by atoms with E-state index < -0.39 is 0 Å². The van der Waals surface area contributed by atoms with E-state index in [1.54, 1.807) is 6.20 Å². The second-order valence-electron chi connectivity index (χ2n) is 7.45. The van der Waals surface area contributed by atoms with E-state index in [9.17, 15) is 4.79 Å². The van der Waals surface area contributed by atoms with Crippen molar-refractivity contribution < 1.29 is 0 Å². The first kappa shape index (κ1) is 20.6. The van der Waals surface area contributed by atoms with Crippen LogP contribution in [-0.4, -0.2) is 37.4 Å². The molecule has 2 aliphatic rings. The summed E-state index contributed by atoms with van der Waals surface area (Å²) in [4.78, 5) is 17.8. The van der Waals surface area contributed by atoms with E-state index in [0.29, 0.717) is 23.2 Å². The number of pyridine rings is 1. The summed E-state index contributed by atoms with van der Waals surface area (Å²) in [5.41, 5.74) is 4.66. The van der Waals surface area contributed by atoms with Crippen molar-refractivity contribution in [1.82, 2.24) is 29.6 Å². The van der Waals surface area contributed by atoms with Gasteiger partial charge in [0, 0.05) is 37.1 Å². The number of piperidine rings is 1. The molecule has 5 heterocycles. The largest absolute Gasteiger partial charge is 0.316 e. The molecule has 2 atom stereocenters. The summed E-state index contributed by atoms with van der Waals surface area (Å²) >= 11 is 0. The molecule has 5 rings (SSSR count). The van der Waals surface area contributed by atoms with Crippen molar-refractivity contribution in [2.45, 2.75) is 32.7 Å². The van der Waals surface area contributed by atoms with Crippen LogP contribution in [0, 0.1) is 19.8 Å². The van der Waals surface area contributed by atoms with Crippen molar-refractivity contribution in [3.8, 4) is 17.1 Å². The maximum Gasteiger partial charge on any atom is 0.261 e. The molecular formula is C19H24Cl2N6O. The van der Waals surface area contributed by atoms with Crippen molar-refractivity contribution in [2.24, 2.45) is 5.92 Å². The number of hydrogen-bond acceptors (Lipinski definition) is 4. The van der Waals surface area contributed by atoms with Gasteiger partial charge in [-0.15, -0.1) is 24.8 Å². The molecule has 0 spiro atoms. The summed E-state index contributed by atoms with van der Waals surface area (Å²) < 4.78 is 3.94. The lowest BCUT2D eigenvalue weighted by atomic mass is 9.84. The van der Waals surface area contributed by atoms with E-state index in [1.807, 2.05) is 35.2 Å². The number of hydrogen-bond donors (Lipinski definition) is 2. The number of H-pyrrole nitrogens is 1. The predicted molar refractivity (Wildman–Crippen MR) is 113 cm³/mol. The molecule has 28 heavy (non-hydrogen) atoms. The highest BCUT2D eigenvalue weighted by molar-refractivity contribution is 5.85. The first-order chi connectivity index (χ1) is 12.6. The summed E-state index contributed by atoms with van der Waals surface area (Å²) in [5, 5.41) is 10.8. The van der Waals surface area contributed by atoms with E-state index in [0.717, 1.165) is 42.4 Å². The van der Waals surface area contributed by atoms with Crippen LogP contribution in [0.2, 0.25) is 0 Å². The Morgan fingerprint density at radius 3 is 2.75 bits per heavy atom. The van der Waals surface area contributed by atoms with E-state index >= 15 is 0 Å². The highest BCUT2D eigenvalue weighted by atomic mass is 35.5. The van der Waals surface area contributed by atoms with Crippen molar-refractivity contribution in [3.63, 3.8) is 0 Å². The minimum absolute atomic E-state index is 0. The molecule has 2 bridgehead atoms. The second-order valence-corrected chi connectivity index (χ2v) is 7.45. The number of nitrogens with one attached hydrogen (secondary N) is 2. The van der Waals surface area contributed by atoms with Gasteiger partial charge in [-0.2, -0.15) is 5.10 Å². The van der Waals surface area contributed by atoms with Gasteiger partial charge in [0.25, 0.3) is 5.56 Å². The first-order valence-electron chi connectivity index (χ1n) is 9.13. The number of aromatic nitrogens is 5. The van der Waals surface area contributed by atoms with Gasteiger partial charge in [0.05, 0.1) is 22.6 Å². The summed E-state index contributed by atoms with van der Waals surface area (Å²) in [6, 6.07) is 4.05. The van der Waals surface area contributed by atoms with Crippen molar-refractivity contribution >= 4 is 24.8 Å². The number of fused-ring (bicyclic) bond motifs is 4. The summed E-state index contributed by atoms with van der Waals surface area (Å²) in [6.45, 7) is 6.67. The van der Waals surface area contributed by atoms with E-state index in [1.165, 1.54) is 6.42 Å². The Labute approximate surface area is 175 Å². The smallest absolute Gasteiger partial charge is 0.261 e. The summed E-state index contributed by atoms with van der Waals surface area (Å²) in [6.07, 6.45) is 4.81. The van der Waals surface area contributed by atoms with Gasteiger partial charge in [0.1, 0.15) is 5.82 Å². The van der Waals surface area contributed by atoms with Gasteiger partial charge in [0.2, 0.25) is 0 Å². The third-order valence-corrected chi connectivity index (χ3v) is 5.72. The Hall–Kier alpha value is -2.09. The van der Waals surface area contributed by atoms with Crippen LogP contribution < -0.4 is 10.9 Å². The molecular weight excluding hydrogens is 399 g/mol. The normalized spacial score (nSPS) is 20.1. The van der Waals surface area contributed by atoms with Crippen molar-refractivity contribution in [3.05, 3.63) is 52.0 Å². The van der Waals surface area contributed by atoms with Crippen LogP contribution in [0.25, 0.3) is 17.1 Å². The van der Waals surface area contributed by atoms with Gasteiger partial charge >= 0.3 is 0 Å². The van der Waals surface area contributed by atoms with Crippen LogP contribution in [0.1, 0.15) is 29.4 Å². The Morgan fingerprint density at radius 1 is 1.18 bits per heavy atom. The predicted octanol–water partition coefficient (Wildman–Crippen LogP) is 2.59. The zero-order chi connectivity index (χ0) is 17.8. The molecule has 150 valence electrons. The van der Waals surface area contributed by atoms with Crippen LogP contribution in [0.15, 0.2) is 29.3 Å². The third kappa shape index (κ3) is 3.07. The van der Waals surface area contributed by atoms with Gasteiger partial charge in [0.15, 0.2) is 0 Å². The number of aromatic amines is 1. The zero-order valence-corrected chi connectivity index (χ0v) is 17.4. The van der Waals surface area contributed by atoms with Gasteiger partial charge < -0.3 is 9.88 Å². The van der Waals surface area contributed by atoms with Crippen LogP contribution in [-0.2, 0) is 6.54 Å². The average molecular weight is 423 g/mol. The lowest BCUT2D eigenvalue weighted by molar-refractivity contribution is 0.257. The maximum absolute atomic E-state index is 13.3. The van der Waals surface area contributed by atoms with Crippen LogP contribution in [0.4, 0.5) is 0 Å². The number of aryl methyl sites for hydroxylation is 2. The third-order valence-electron chi connectivity index (χ3n) is 5.72. The Bertz CT molecular complexity index is 1030. The lowest BCUT2D eigenvalue weighted by Crippen LogP contribution is -2.45. The quantitative estimate of drug-likeness (QED) is 0.664. The fourth-order valence-electron chi connectivity index (χ4n) is 4.54. The number of nitrogens with zero attached hydrogens (tertiary/aromatic N) is 4. The molecule has 0 aromatic carbocycles. The molecule has 0 aliphatic carbocycles. The fourth-order valence-corrected chi connectivity index (χ4v) is 4.54. The first-order valence-corrected chi connectivity index (χ1v) is 9.13. The minimum Gasteiger partial charge on any atom is -0.316 e. The monoisotopic (exact) mass is 422 g/mol. The minimum atomic E-state index is 0. The van der Waals surface area contributed by atoms with Crippen LogP contribution in [0.5, 0.6) is 0 Å².